The molecule has 0 unspecified atom stereocenters. The molecule has 1 fully saturated rings. The van der Waals surface area contributed by atoms with Gasteiger partial charge in [0, 0.05) is 49.3 Å². The van der Waals surface area contributed by atoms with E-state index in [0.29, 0.717) is 35.0 Å². The summed E-state index contributed by atoms with van der Waals surface area (Å²) >= 11 is 0. The van der Waals surface area contributed by atoms with E-state index in [-0.39, 0.29) is 17.1 Å². The minimum atomic E-state index is -4.52. The Kier molecular flexibility index (Phi) is 8.20. The monoisotopic (exact) mass is 616 g/mol. The summed E-state index contributed by atoms with van der Waals surface area (Å²) < 4.78 is 39.4. The summed E-state index contributed by atoms with van der Waals surface area (Å²) in [5.74, 6) is 1.48. The maximum absolute atomic E-state index is 13.1. The molecule has 0 spiro atoms. The Morgan fingerprint density at radius 2 is 1.78 bits per heavy atom. The number of carbonyl (C=O) groups excluding carboxylic acids is 1. The number of aliphatic imine (C=N–C) groups is 1. The fraction of sp³-hybridized carbons (Fsp3) is 0.290. The lowest BCUT2D eigenvalue weighted by Gasteiger charge is -2.25. The van der Waals surface area contributed by atoms with Crippen LogP contribution in [0.25, 0.3) is 11.0 Å². The first-order valence-electron chi connectivity index (χ1n) is 14.5. The molecule has 0 bridgehead atoms. The molecular weight excluding hydrogens is 585 g/mol. The summed E-state index contributed by atoms with van der Waals surface area (Å²) in [4.78, 5) is 40.0. The number of hydrogen-bond acceptors (Lipinski definition) is 10. The standard InChI is InChI=1S/C31H31F3N10O/c1-19-9-10-20(29(45)39-22-7-4-6-21(17-22)31(32,33)34)16-23(19)40-28-26-25(37-18-38-28)27(35)42-30(41-26)44-13-5-12-43(14-15-44)24-8-2-3-11-36-24/h4,6-11,16-18H,2-3,5,12-15H2,1H3,(H,39,45)(H2,35,41,42)(H,37,38,40). The molecule has 4 heterocycles. The molecule has 2 aromatic carbocycles. The average Bonchev–Trinajstić information content (AvgIpc) is 3.29. The fourth-order valence-corrected chi connectivity index (χ4v) is 5.25. The summed E-state index contributed by atoms with van der Waals surface area (Å²) in [7, 11) is 0. The van der Waals surface area contributed by atoms with E-state index >= 15 is 0 Å². The number of hydrogen-bond donors (Lipinski definition) is 3. The number of anilines is 5. The van der Waals surface area contributed by atoms with Gasteiger partial charge in [0.15, 0.2) is 11.6 Å². The third-order valence-electron chi connectivity index (χ3n) is 7.65. The van der Waals surface area contributed by atoms with E-state index in [1.165, 1.54) is 18.5 Å². The molecule has 11 nitrogen and oxygen atoms in total. The Hall–Kier alpha value is -5.27. The second-order valence-electron chi connectivity index (χ2n) is 10.8. The second-order valence-corrected chi connectivity index (χ2v) is 10.8. The minimum absolute atomic E-state index is 0.0336. The van der Waals surface area contributed by atoms with E-state index in [9.17, 15) is 18.0 Å². The topological polar surface area (TPSA) is 138 Å². The number of fused-ring (bicyclic) bond motifs is 1. The van der Waals surface area contributed by atoms with Gasteiger partial charge in [0.2, 0.25) is 5.95 Å². The zero-order valence-corrected chi connectivity index (χ0v) is 24.5. The Morgan fingerprint density at radius 3 is 2.58 bits per heavy atom. The summed E-state index contributed by atoms with van der Waals surface area (Å²) in [6, 6.07) is 9.41. The molecule has 0 atom stereocenters. The second kappa shape index (κ2) is 12.4. The predicted octanol–water partition coefficient (Wildman–Crippen LogP) is 5.54. The summed E-state index contributed by atoms with van der Waals surface area (Å²) in [6.45, 7) is 4.89. The van der Waals surface area contributed by atoms with Crippen LogP contribution in [0.1, 0.15) is 40.7 Å². The number of carbonyl (C=O) groups is 1. The lowest BCUT2D eigenvalue weighted by Crippen LogP contribution is -2.31. The van der Waals surface area contributed by atoms with E-state index in [1.54, 1.807) is 18.2 Å². The smallest absolute Gasteiger partial charge is 0.382 e. The number of nitrogens with zero attached hydrogens (tertiary/aromatic N) is 7. The first-order chi connectivity index (χ1) is 21.7. The number of nitrogens with two attached hydrogens (primary N) is 1. The molecule has 0 aliphatic carbocycles. The van der Waals surface area contributed by atoms with Gasteiger partial charge in [-0.2, -0.15) is 18.2 Å². The lowest BCUT2D eigenvalue weighted by atomic mass is 10.1. The Morgan fingerprint density at radius 1 is 0.956 bits per heavy atom. The number of halogens is 3. The van der Waals surface area contributed by atoms with Gasteiger partial charge < -0.3 is 26.2 Å². The number of aryl methyl sites for hydroxylation is 1. The highest BCUT2D eigenvalue weighted by Crippen LogP contribution is 2.32. The van der Waals surface area contributed by atoms with Crippen LogP contribution in [-0.2, 0) is 6.18 Å². The molecule has 45 heavy (non-hydrogen) atoms. The van der Waals surface area contributed by atoms with Crippen molar-refractivity contribution in [2.24, 2.45) is 4.99 Å². The number of benzene rings is 2. The van der Waals surface area contributed by atoms with Crippen molar-refractivity contribution in [1.82, 2.24) is 24.8 Å². The van der Waals surface area contributed by atoms with Crippen molar-refractivity contribution in [2.75, 3.05) is 47.4 Å². The zero-order valence-electron chi connectivity index (χ0n) is 24.5. The summed E-state index contributed by atoms with van der Waals surface area (Å²) in [6.07, 6.45) is 3.79. The van der Waals surface area contributed by atoms with Crippen LogP contribution in [0.15, 0.2) is 65.7 Å². The van der Waals surface area contributed by atoms with Crippen LogP contribution in [0.3, 0.4) is 0 Å². The van der Waals surface area contributed by atoms with E-state index < -0.39 is 17.6 Å². The highest BCUT2D eigenvalue weighted by atomic mass is 19.4. The van der Waals surface area contributed by atoms with E-state index in [0.717, 1.165) is 62.4 Å². The fourth-order valence-electron chi connectivity index (χ4n) is 5.25. The molecule has 14 heteroatoms. The van der Waals surface area contributed by atoms with E-state index in [1.807, 2.05) is 13.1 Å². The van der Waals surface area contributed by atoms with Crippen LogP contribution in [0, 0.1) is 6.92 Å². The lowest BCUT2D eigenvalue weighted by molar-refractivity contribution is -0.137. The molecule has 0 saturated carbocycles. The number of rotatable bonds is 6. The molecule has 4 N–H and O–H groups in total. The van der Waals surface area contributed by atoms with Gasteiger partial charge in [-0.15, -0.1) is 0 Å². The molecule has 2 aliphatic rings. The Balaban J connectivity index is 1.24. The molecule has 4 aromatic rings. The molecule has 1 saturated heterocycles. The van der Waals surface area contributed by atoms with Crippen LogP contribution in [0.4, 0.5) is 42.1 Å². The highest BCUT2D eigenvalue weighted by Gasteiger charge is 2.30. The van der Waals surface area contributed by atoms with Gasteiger partial charge in [-0.05, 0) is 68.2 Å². The number of nitrogen functional groups attached to an aromatic ring is 1. The van der Waals surface area contributed by atoms with E-state index in [2.05, 4.69) is 46.5 Å². The summed E-state index contributed by atoms with van der Waals surface area (Å²) in [5.41, 5.74) is 7.92. The van der Waals surface area contributed by atoms with Crippen LogP contribution in [-0.4, -0.2) is 63.1 Å². The molecular formula is C31H31F3N10O. The van der Waals surface area contributed by atoms with Crippen LogP contribution >= 0.6 is 0 Å². The van der Waals surface area contributed by atoms with Crippen molar-refractivity contribution in [1.29, 1.82) is 0 Å². The Labute approximate surface area is 257 Å². The van der Waals surface area contributed by atoms with Crippen molar-refractivity contribution in [3.8, 4) is 0 Å². The Bertz CT molecular complexity index is 1810. The molecule has 2 aliphatic heterocycles. The number of aromatic nitrogens is 4. The van der Waals surface area contributed by atoms with Crippen LogP contribution < -0.4 is 21.3 Å². The van der Waals surface area contributed by atoms with Crippen molar-refractivity contribution in [3.63, 3.8) is 0 Å². The summed E-state index contributed by atoms with van der Waals surface area (Å²) in [5, 5.41) is 5.79. The number of amides is 1. The number of allylic oxidation sites excluding steroid dienone is 1. The number of alkyl halides is 3. The van der Waals surface area contributed by atoms with Crippen molar-refractivity contribution in [3.05, 3.63) is 77.4 Å². The number of nitrogens with one attached hydrogen (secondary N) is 2. The largest absolute Gasteiger partial charge is 0.416 e. The average molecular weight is 617 g/mol. The van der Waals surface area contributed by atoms with Crippen LogP contribution in [0.5, 0.6) is 0 Å². The zero-order chi connectivity index (χ0) is 31.6. The normalized spacial score (nSPS) is 15.5. The molecule has 6 rings (SSSR count). The quantitative estimate of drug-likeness (QED) is 0.255. The maximum atomic E-state index is 13.1. The van der Waals surface area contributed by atoms with Gasteiger partial charge in [0.1, 0.15) is 23.2 Å². The van der Waals surface area contributed by atoms with Gasteiger partial charge in [0.05, 0.1) is 5.56 Å². The minimum Gasteiger partial charge on any atom is -0.382 e. The van der Waals surface area contributed by atoms with Gasteiger partial charge in [0.25, 0.3) is 5.91 Å². The maximum Gasteiger partial charge on any atom is 0.416 e. The molecule has 1 amide bonds. The highest BCUT2D eigenvalue weighted by molar-refractivity contribution is 6.05. The van der Waals surface area contributed by atoms with Gasteiger partial charge in [-0.25, -0.2) is 19.9 Å². The molecule has 2 aromatic heterocycles. The van der Waals surface area contributed by atoms with Crippen molar-refractivity contribution in [2.45, 2.75) is 32.4 Å². The third-order valence-corrected chi connectivity index (χ3v) is 7.65. The predicted molar refractivity (Wildman–Crippen MR) is 168 cm³/mol. The molecule has 0 radical (unpaired) electrons. The first kappa shape index (κ1) is 29.8. The van der Waals surface area contributed by atoms with Gasteiger partial charge >= 0.3 is 6.18 Å². The SMILES string of the molecule is Cc1ccc(C(=O)Nc2cccc(C(F)(F)F)c2)cc1Nc1ncnc2c(N)nc(N3CCCN(C4=CCCC=N4)CC3)nc12. The first-order valence-corrected chi connectivity index (χ1v) is 14.5. The van der Waals surface area contributed by atoms with Gasteiger partial charge in [-0.1, -0.05) is 12.1 Å². The van der Waals surface area contributed by atoms with Crippen LogP contribution in [0.2, 0.25) is 0 Å². The third kappa shape index (κ3) is 6.64. The van der Waals surface area contributed by atoms with Gasteiger partial charge in [-0.3, -0.25) is 4.79 Å². The van der Waals surface area contributed by atoms with Crippen molar-refractivity contribution < 1.29 is 18.0 Å². The van der Waals surface area contributed by atoms with Crippen molar-refractivity contribution >= 4 is 52.1 Å². The molecule has 232 valence electrons. The van der Waals surface area contributed by atoms with E-state index in [4.69, 9.17) is 10.7 Å².